The molecular formula is C17H29NO4. The molecule has 0 aromatic heterocycles. The van der Waals surface area contributed by atoms with E-state index in [1.165, 1.54) is 26.4 Å². The van der Waals surface area contributed by atoms with E-state index in [0.29, 0.717) is 6.47 Å². The lowest BCUT2D eigenvalue weighted by molar-refractivity contribution is -0.126. The molecule has 2 aliphatic rings. The van der Waals surface area contributed by atoms with E-state index in [1.807, 2.05) is 25.7 Å². The average Bonchev–Trinajstić information content (AvgIpc) is 3.14. The summed E-state index contributed by atoms with van der Waals surface area (Å²) in [5.74, 6) is 1.68. The van der Waals surface area contributed by atoms with Gasteiger partial charge in [-0.3, -0.25) is 4.79 Å². The Kier molecular flexibility index (Phi) is 9.32. The van der Waals surface area contributed by atoms with Crippen molar-refractivity contribution in [3.05, 3.63) is 0 Å². The van der Waals surface area contributed by atoms with Gasteiger partial charge < -0.3 is 14.4 Å². The van der Waals surface area contributed by atoms with Crippen LogP contribution in [0.1, 0.15) is 46.5 Å². The van der Waals surface area contributed by atoms with E-state index < -0.39 is 0 Å². The van der Waals surface area contributed by atoms with E-state index in [4.69, 9.17) is 9.53 Å². The topological polar surface area (TPSA) is 55.8 Å². The number of nitrogens with zero attached hydrogens (tertiary/aromatic N) is 1. The largest absolute Gasteiger partial charge is 0.471 e. The van der Waals surface area contributed by atoms with Gasteiger partial charge in [-0.1, -0.05) is 12.8 Å². The van der Waals surface area contributed by atoms with Gasteiger partial charge in [-0.25, -0.2) is 4.79 Å². The molecule has 2 rings (SSSR count). The van der Waals surface area contributed by atoms with Crippen molar-refractivity contribution in [3.8, 4) is 12.8 Å². The Balaban J connectivity index is 0.000000640. The molecule has 5 nitrogen and oxygen atoms in total. The molecule has 0 radical (unpaired) electrons. The van der Waals surface area contributed by atoms with Crippen molar-refractivity contribution < 1.29 is 19.1 Å². The third-order valence-corrected chi connectivity index (χ3v) is 3.40. The minimum atomic E-state index is -0.369. The molecule has 2 fully saturated rings. The van der Waals surface area contributed by atoms with Crippen molar-refractivity contribution in [3.63, 3.8) is 0 Å². The number of rotatable bonds is 3. The predicted octanol–water partition coefficient (Wildman–Crippen LogP) is 3.08. The van der Waals surface area contributed by atoms with Gasteiger partial charge in [0.1, 0.15) is 5.60 Å². The van der Waals surface area contributed by atoms with Crippen LogP contribution in [0.15, 0.2) is 0 Å². The number of likely N-dealkylation sites (tertiary alicyclic amines) is 1. The van der Waals surface area contributed by atoms with Gasteiger partial charge in [0.05, 0.1) is 7.11 Å². The van der Waals surface area contributed by atoms with Crippen LogP contribution in [0.5, 0.6) is 0 Å². The fourth-order valence-electron chi connectivity index (χ4n) is 2.34. The Morgan fingerprint density at radius 1 is 1.23 bits per heavy atom. The number of hydrogen-bond donors (Lipinski definition) is 0. The summed E-state index contributed by atoms with van der Waals surface area (Å²) in [6.07, 6.45) is 13.2. The van der Waals surface area contributed by atoms with E-state index >= 15 is 0 Å². The van der Waals surface area contributed by atoms with Crippen molar-refractivity contribution in [1.82, 2.24) is 4.90 Å². The zero-order valence-electron chi connectivity index (χ0n) is 14.2. The monoisotopic (exact) mass is 311 g/mol. The molecule has 1 heterocycles. The Hall–Kier alpha value is -1.70. The highest BCUT2D eigenvalue weighted by atomic mass is 16.6. The Bertz CT molecular complexity index is 355. The molecule has 0 unspecified atom stereocenters. The summed E-state index contributed by atoms with van der Waals surface area (Å²) in [6.45, 7) is 7.92. The fraction of sp³-hybridized carbons (Fsp3) is 0.765. The Labute approximate surface area is 134 Å². The normalized spacial score (nSPS) is 19.9. The minimum absolute atomic E-state index is 0.134. The standard InChI is InChI=1S/C13H23NO2.C2H4O2.C2H2/c1-13(2,3)16-12(15)14-7-6-11(9-14)8-10-4-5-10;1-4-2-3;1-2/h10-11H,4-9H2,1-3H3;2H,1H3;1-2H/t11-;;/m0../s1. The molecule has 0 aromatic rings. The zero-order valence-corrected chi connectivity index (χ0v) is 14.2. The molecule has 1 aliphatic carbocycles. The summed E-state index contributed by atoms with van der Waals surface area (Å²) in [5, 5.41) is 0. The van der Waals surface area contributed by atoms with Crippen LogP contribution in [-0.2, 0) is 14.3 Å². The van der Waals surface area contributed by atoms with E-state index in [2.05, 4.69) is 17.6 Å². The van der Waals surface area contributed by atoms with Crippen molar-refractivity contribution in [2.45, 2.75) is 52.1 Å². The summed E-state index contributed by atoms with van der Waals surface area (Å²) < 4.78 is 9.24. The van der Waals surface area contributed by atoms with Crippen molar-refractivity contribution in [2.24, 2.45) is 11.8 Å². The number of carbonyl (C=O) groups is 2. The maximum absolute atomic E-state index is 11.8. The van der Waals surface area contributed by atoms with Gasteiger partial charge in [0.15, 0.2) is 0 Å². The van der Waals surface area contributed by atoms with Crippen molar-refractivity contribution >= 4 is 12.6 Å². The molecule has 0 spiro atoms. The number of hydrogen-bond acceptors (Lipinski definition) is 4. The van der Waals surface area contributed by atoms with E-state index in [1.54, 1.807) is 0 Å². The van der Waals surface area contributed by atoms with Crippen molar-refractivity contribution in [2.75, 3.05) is 20.2 Å². The highest BCUT2D eigenvalue weighted by Crippen LogP contribution is 2.38. The number of methoxy groups -OCH3 is 1. The lowest BCUT2D eigenvalue weighted by Crippen LogP contribution is -2.35. The molecule has 1 saturated heterocycles. The molecule has 0 aromatic carbocycles. The number of ether oxygens (including phenoxy) is 2. The van der Waals surface area contributed by atoms with E-state index in [9.17, 15) is 4.79 Å². The molecule has 5 heteroatoms. The Morgan fingerprint density at radius 2 is 1.77 bits per heavy atom. The molecular weight excluding hydrogens is 282 g/mol. The van der Waals surface area contributed by atoms with Crippen LogP contribution in [0.3, 0.4) is 0 Å². The van der Waals surface area contributed by atoms with Gasteiger partial charge in [0.2, 0.25) is 0 Å². The quantitative estimate of drug-likeness (QED) is 0.594. The lowest BCUT2D eigenvalue weighted by Gasteiger charge is -2.24. The average molecular weight is 311 g/mol. The van der Waals surface area contributed by atoms with Gasteiger partial charge >= 0.3 is 6.09 Å². The summed E-state index contributed by atoms with van der Waals surface area (Å²) in [4.78, 5) is 22.6. The van der Waals surface area contributed by atoms with Crippen LogP contribution in [-0.4, -0.2) is 43.3 Å². The molecule has 1 aliphatic heterocycles. The first-order valence-corrected chi connectivity index (χ1v) is 7.63. The van der Waals surface area contributed by atoms with Gasteiger partial charge in [-0.15, -0.1) is 12.8 Å². The SMILES string of the molecule is C#C.CC(C)(C)OC(=O)N1CC[C@@H](CC2CC2)C1.COC=O. The third-order valence-electron chi connectivity index (χ3n) is 3.40. The van der Waals surface area contributed by atoms with Gasteiger partial charge in [-0.2, -0.15) is 0 Å². The predicted molar refractivity (Wildman–Crippen MR) is 86.2 cm³/mol. The molecule has 22 heavy (non-hydrogen) atoms. The molecule has 0 N–H and O–H groups in total. The first kappa shape index (κ1) is 20.3. The minimum Gasteiger partial charge on any atom is -0.471 e. The summed E-state index contributed by atoms with van der Waals surface area (Å²) in [7, 11) is 1.31. The Morgan fingerprint density at radius 3 is 2.18 bits per heavy atom. The first-order valence-electron chi connectivity index (χ1n) is 7.63. The molecule has 1 atom stereocenters. The van der Waals surface area contributed by atoms with Crippen LogP contribution in [0.2, 0.25) is 0 Å². The van der Waals surface area contributed by atoms with Crippen LogP contribution in [0, 0.1) is 24.7 Å². The summed E-state index contributed by atoms with van der Waals surface area (Å²) in [5.41, 5.74) is -0.369. The second kappa shape index (κ2) is 10.1. The second-order valence-corrected chi connectivity index (χ2v) is 6.59. The molecule has 0 bridgehead atoms. The zero-order chi connectivity index (χ0) is 17.2. The van der Waals surface area contributed by atoms with Crippen LogP contribution in [0.4, 0.5) is 4.79 Å². The highest BCUT2D eigenvalue weighted by Gasteiger charge is 2.33. The van der Waals surface area contributed by atoms with Gasteiger partial charge in [-0.05, 0) is 45.4 Å². The van der Waals surface area contributed by atoms with Crippen molar-refractivity contribution in [1.29, 1.82) is 0 Å². The van der Waals surface area contributed by atoms with Crippen LogP contribution < -0.4 is 0 Å². The van der Waals surface area contributed by atoms with Gasteiger partial charge in [0.25, 0.3) is 6.47 Å². The van der Waals surface area contributed by atoms with E-state index in [-0.39, 0.29) is 11.7 Å². The highest BCUT2D eigenvalue weighted by molar-refractivity contribution is 5.68. The number of carbonyl (C=O) groups excluding carboxylic acids is 2. The third kappa shape index (κ3) is 9.28. The number of amides is 1. The molecule has 1 saturated carbocycles. The molecule has 126 valence electrons. The fourth-order valence-corrected chi connectivity index (χ4v) is 2.34. The number of terminal acetylenes is 1. The maximum atomic E-state index is 11.8. The smallest absolute Gasteiger partial charge is 0.410 e. The summed E-state index contributed by atoms with van der Waals surface area (Å²) >= 11 is 0. The molecule has 1 amide bonds. The van der Waals surface area contributed by atoms with Gasteiger partial charge in [0, 0.05) is 13.1 Å². The van der Waals surface area contributed by atoms with Crippen LogP contribution in [0.25, 0.3) is 0 Å². The van der Waals surface area contributed by atoms with Crippen LogP contribution >= 0.6 is 0 Å². The van der Waals surface area contributed by atoms with E-state index in [0.717, 1.165) is 31.3 Å². The lowest BCUT2D eigenvalue weighted by atomic mass is 10.0. The second-order valence-electron chi connectivity index (χ2n) is 6.59. The maximum Gasteiger partial charge on any atom is 0.410 e. The first-order chi connectivity index (χ1) is 10.4. The summed E-state index contributed by atoms with van der Waals surface area (Å²) in [6, 6.07) is 0.